The van der Waals surface area contributed by atoms with Crippen LogP contribution in [-0.4, -0.2) is 31.8 Å². The van der Waals surface area contributed by atoms with Crippen molar-refractivity contribution in [2.45, 2.75) is 24.8 Å². The first-order valence-electron chi connectivity index (χ1n) is 10.2. The van der Waals surface area contributed by atoms with Gasteiger partial charge in [0.1, 0.15) is 5.75 Å². The predicted molar refractivity (Wildman–Crippen MR) is 120 cm³/mol. The summed E-state index contributed by atoms with van der Waals surface area (Å²) >= 11 is 0. The van der Waals surface area contributed by atoms with Gasteiger partial charge in [0.25, 0.3) is 5.91 Å². The van der Waals surface area contributed by atoms with Gasteiger partial charge in [-0.3, -0.25) is 4.79 Å². The molecule has 0 spiro atoms. The average Bonchev–Trinajstić information content (AvgIpc) is 2.80. The van der Waals surface area contributed by atoms with Gasteiger partial charge in [0.05, 0.1) is 11.5 Å². The van der Waals surface area contributed by atoms with Gasteiger partial charge in [0.2, 0.25) is 10.0 Å². The number of hydrogen-bond donors (Lipinski definition) is 1. The monoisotopic (exact) mass is 436 g/mol. The Morgan fingerprint density at radius 2 is 1.65 bits per heavy atom. The second-order valence-electron chi connectivity index (χ2n) is 7.29. The first kappa shape index (κ1) is 21.1. The molecule has 3 aromatic rings. The van der Waals surface area contributed by atoms with Crippen LogP contribution in [0, 0.1) is 0 Å². The maximum atomic E-state index is 13.1. The van der Waals surface area contributed by atoms with E-state index in [-0.39, 0.29) is 10.8 Å². The Morgan fingerprint density at radius 3 is 2.32 bits per heavy atom. The van der Waals surface area contributed by atoms with Gasteiger partial charge in [-0.1, -0.05) is 24.3 Å². The number of amides is 1. The highest BCUT2D eigenvalue weighted by molar-refractivity contribution is 7.89. The molecule has 3 aromatic carbocycles. The molecule has 1 aliphatic rings. The summed E-state index contributed by atoms with van der Waals surface area (Å²) in [5.41, 5.74) is 3.24. The molecule has 0 saturated heterocycles. The topological polar surface area (TPSA) is 75.7 Å². The lowest BCUT2D eigenvalue weighted by Crippen LogP contribution is -2.35. The Hall–Kier alpha value is -3.16. The standard InChI is InChI=1S/C24H24N2O4S/c1-2-30-22-11-9-21(10-12-22)25-24(27)19-7-13-23(14-8-19)31(28,29)26-16-15-18-5-3-4-6-20(18)17-26/h3-14H,2,15-17H2,1H3,(H,25,27). The number of carbonyl (C=O) groups is 1. The maximum Gasteiger partial charge on any atom is 0.255 e. The number of benzene rings is 3. The Balaban J connectivity index is 1.45. The highest BCUT2D eigenvalue weighted by atomic mass is 32.2. The quantitative estimate of drug-likeness (QED) is 0.632. The van der Waals surface area contributed by atoms with Crippen molar-refractivity contribution in [2.24, 2.45) is 0 Å². The highest BCUT2D eigenvalue weighted by Crippen LogP contribution is 2.25. The van der Waals surface area contributed by atoms with Crippen LogP contribution in [0.25, 0.3) is 0 Å². The molecule has 1 heterocycles. The van der Waals surface area contributed by atoms with E-state index < -0.39 is 10.0 Å². The lowest BCUT2D eigenvalue weighted by Gasteiger charge is -2.28. The summed E-state index contributed by atoms with van der Waals surface area (Å²) in [6, 6.07) is 21.0. The summed E-state index contributed by atoms with van der Waals surface area (Å²) < 4.78 is 33.0. The largest absolute Gasteiger partial charge is 0.494 e. The molecule has 1 aliphatic heterocycles. The van der Waals surface area contributed by atoms with Gasteiger partial charge in [-0.05, 0) is 73.0 Å². The highest BCUT2D eigenvalue weighted by Gasteiger charge is 2.28. The molecule has 0 saturated carbocycles. The van der Waals surface area contributed by atoms with E-state index in [1.807, 2.05) is 31.2 Å². The molecule has 6 nitrogen and oxygen atoms in total. The molecule has 0 radical (unpaired) electrons. The molecule has 0 atom stereocenters. The predicted octanol–water partition coefficient (Wildman–Crippen LogP) is 4.08. The fraction of sp³-hybridized carbons (Fsp3) is 0.208. The van der Waals surface area contributed by atoms with Crippen LogP contribution in [0.4, 0.5) is 5.69 Å². The van der Waals surface area contributed by atoms with Gasteiger partial charge in [-0.2, -0.15) is 4.31 Å². The molecule has 1 N–H and O–H groups in total. The van der Waals surface area contributed by atoms with Crippen molar-refractivity contribution < 1.29 is 17.9 Å². The molecule has 4 rings (SSSR count). The second kappa shape index (κ2) is 8.91. The zero-order chi connectivity index (χ0) is 21.8. The van der Waals surface area contributed by atoms with Crippen LogP contribution in [0.15, 0.2) is 77.7 Å². The zero-order valence-electron chi connectivity index (χ0n) is 17.2. The third-order valence-corrected chi connectivity index (χ3v) is 7.13. The normalized spacial score (nSPS) is 14.0. The Kier molecular flexibility index (Phi) is 6.06. The van der Waals surface area contributed by atoms with Crippen molar-refractivity contribution in [3.63, 3.8) is 0 Å². The first-order valence-corrected chi connectivity index (χ1v) is 11.6. The number of ether oxygens (including phenoxy) is 1. The van der Waals surface area contributed by atoms with Gasteiger partial charge in [0.15, 0.2) is 0 Å². The summed E-state index contributed by atoms with van der Waals surface area (Å²) in [6.07, 6.45) is 0.692. The molecular weight excluding hydrogens is 412 g/mol. The van der Waals surface area contributed by atoms with Crippen LogP contribution in [0.5, 0.6) is 5.75 Å². The van der Waals surface area contributed by atoms with E-state index in [0.717, 1.165) is 11.3 Å². The van der Waals surface area contributed by atoms with E-state index in [0.29, 0.717) is 37.4 Å². The van der Waals surface area contributed by atoms with E-state index in [9.17, 15) is 13.2 Å². The second-order valence-corrected chi connectivity index (χ2v) is 9.23. The SMILES string of the molecule is CCOc1ccc(NC(=O)c2ccc(S(=O)(=O)N3CCc4ccccc4C3)cc2)cc1. The maximum absolute atomic E-state index is 13.1. The van der Waals surface area contributed by atoms with E-state index in [4.69, 9.17) is 4.74 Å². The molecule has 0 bridgehead atoms. The third kappa shape index (κ3) is 4.62. The van der Waals surface area contributed by atoms with Gasteiger partial charge in [-0.15, -0.1) is 0 Å². The third-order valence-electron chi connectivity index (χ3n) is 5.27. The fourth-order valence-electron chi connectivity index (χ4n) is 3.61. The molecule has 1 amide bonds. The van der Waals surface area contributed by atoms with Crippen LogP contribution in [-0.2, 0) is 23.0 Å². The van der Waals surface area contributed by atoms with E-state index in [1.165, 1.54) is 34.1 Å². The lowest BCUT2D eigenvalue weighted by molar-refractivity contribution is 0.102. The number of sulfonamides is 1. The summed E-state index contributed by atoms with van der Waals surface area (Å²) in [6.45, 7) is 3.28. The Morgan fingerprint density at radius 1 is 0.968 bits per heavy atom. The average molecular weight is 437 g/mol. The number of fused-ring (bicyclic) bond motifs is 1. The van der Waals surface area contributed by atoms with Crippen LogP contribution in [0.1, 0.15) is 28.4 Å². The van der Waals surface area contributed by atoms with E-state index >= 15 is 0 Å². The number of nitrogens with zero attached hydrogens (tertiary/aromatic N) is 1. The molecule has 0 unspecified atom stereocenters. The fourth-order valence-corrected chi connectivity index (χ4v) is 5.03. The van der Waals surface area contributed by atoms with Crippen molar-refractivity contribution in [1.82, 2.24) is 4.31 Å². The van der Waals surface area contributed by atoms with Gasteiger partial charge >= 0.3 is 0 Å². The zero-order valence-corrected chi connectivity index (χ0v) is 18.1. The number of nitrogens with one attached hydrogen (secondary N) is 1. The summed E-state index contributed by atoms with van der Waals surface area (Å²) in [7, 11) is -3.63. The number of carbonyl (C=O) groups excluding carboxylic acids is 1. The van der Waals surface area contributed by atoms with Crippen molar-refractivity contribution in [2.75, 3.05) is 18.5 Å². The molecule has 0 aromatic heterocycles. The van der Waals surface area contributed by atoms with Crippen molar-refractivity contribution in [3.05, 3.63) is 89.5 Å². The van der Waals surface area contributed by atoms with Crippen molar-refractivity contribution in [3.8, 4) is 5.75 Å². The van der Waals surface area contributed by atoms with Gasteiger partial charge < -0.3 is 10.1 Å². The van der Waals surface area contributed by atoms with Crippen LogP contribution < -0.4 is 10.1 Å². The smallest absolute Gasteiger partial charge is 0.255 e. The molecule has 7 heteroatoms. The Bertz CT molecular complexity index is 1170. The minimum absolute atomic E-state index is 0.185. The van der Waals surface area contributed by atoms with Crippen LogP contribution in [0.3, 0.4) is 0 Å². The van der Waals surface area contributed by atoms with Crippen molar-refractivity contribution in [1.29, 1.82) is 0 Å². The molecule has 31 heavy (non-hydrogen) atoms. The van der Waals surface area contributed by atoms with Crippen LogP contribution >= 0.6 is 0 Å². The minimum Gasteiger partial charge on any atom is -0.494 e. The Labute approximate surface area is 182 Å². The van der Waals surface area contributed by atoms with Gasteiger partial charge in [0, 0.05) is 24.3 Å². The van der Waals surface area contributed by atoms with E-state index in [1.54, 1.807) is 24.3 Å². The molecule has 0 aliphatic carbocycles. The van der Waals surface area contributed by atoms with Gasteiger partial charge in [-0.25, -0.2) is 8.42 Å². The number of hydrogen-bond acceptors (Lipinski definition) is 4. The van der Waals surface area contributed by atoms with Crippen LogP contribution in [0.2, 0.25) is 0 Å². The molecule has 160 valence electrons. The minimum atomic E-state index is -3.63. The number of rotatable bonds is 6. The molecular formula is C24H24N2O4S. The number of anilines is 1. The summed E-state index contributed by atoms with van der Waals surface area (Å²) in [5.74, 6) is 0.426. The lowest BCUT2D eigenvalue weighted by atomic mass is 10.0. The first-order chi connectivity index (χ1) is 15.0. The van der Waals surface area contributed by atoms with Crippen molar-refractivity contribution >= 4 is 21.6 Å². The van der Waals surface area contributed by atoms with E-state index in [2.05, 4.69) is 5.32 Å². The molecule has 0 fully saturated rings. The summed E-state index contributed by atoms with van der Waals surface area (Å²) in [4.78, 5) is 12.7. The summed E-state index contributed by atoms with van der Waals surface area (Å²) in [5, 5.41) is 2.81.